The molecule has 92 valence electrons. The average Bonchev–Trinajstić information content (AvgIpc) is 2.92. The van der Waals surface area contributed by atoms with E-state index in [1.54, 1.807) is 6.20 Å². The van der Waals surface area contributed by atoms with E-state index in [0.717, 1.165) is 16.7 Å². The van der Waals surface area contributed by atoms with E-state index in [0.29, 0.717) is 10.6 Å². The van der Waals surface area contributed by atoms with Crippen LogP contribution in [0.5, 0.6) is 0 Å². The predicted octanol–water partition coefficient (Wildman–Crippen LogP) is 3.64. The Labute approximate surface area is 115 Å². The predicted molar refractivity (Wildman–Crippen MR) is 78.0 cm³/mol. The van der Waals surface area contributed by atoms with Crippen LogP contribution in [0.25, 0.3) is 11.0 Å². The van der Waals surface area contributed by atoms with Gasteiger partial charge in [0.25, 0.3) is 0 Å². The fourth-order valence-corrected chi connectivity index (χ4v) is 2.00. The van der Waals surface area contributed by atoms with Gasteiger partial charge < -0.3 is 10.3 Å². The first kappa shape index (κ1) is 11.6. The lowest BCUT2D eigenvalue weighted by Crippen LogP contribution is -1.88. The van der Waals surface area contributed by atoms with Crippen molar-refractivity contribution in [1.29, 1.82) is 0 Å². The number of nitrogens with zero attached hydrogens (tertiary/aromatic N) is 1. The smallest absolute Gasteiger partial charge is 0.138 e. The van der Waals surface area contributed by atoms with Crippen molar-refractivity contribution < 1.29 is 0 Å². The second-order valence-electron chi connectivity index (χ2n) is 3.97. The molecule has 3 aromatic rings. The number of hydrogen-bond donors (Lipinski definition) is 2. The number of halogens is 1. The number of rotatable bonds is 1. The van der Waals surface area contributed by atoms with Crippen molar-refractivity contribution >= 4 is 28.3 Å². The Morgan fingerprint density at radius 1 is 1.16 bits per heavy atom. The zero-order valence-corrected chi connectivity index (χ0v) is 10.7. The lowest BCUT2D eigenvalue weighted by Gasteiger charge is -1.98. The van der Waals surface area contributed by atoms with Crippen LogP contribution < -0.4 is 5.32 Å². The van der Waals surface area contributed by atoms with Crippen LogP contribution in [-0.2, 0) is 0 Å². The van der Waals surface area contributed by atoms with Gasteiger partial charge in [-0.2, -0.15) is 0 Å². The highest BCUT2D eigenvalue weighted by Crippen LogP contribution is 2.24. The van der Waals surface area contributed by atoms with Gasteiger partial charge in [0.1, 0.15) is 5.65 Å². The number of para-hydroxylation sites is 1. The third-order valence-electron chi connectivity index (χ3n) is 2.70. The molecule has 4 heteroatoms. The second kappa shape index (κ2) is 5.05. The topological polar surface area (TPSA) is 40.7 Å². The molecular formula is C15H10ClN3. The molecule has 2 N–H and O–H groups in total. The average molecular weight is 268 g/mol. The molecule has 3 nitrogen and oxygen atoms in total. The van der Waals surface area contributed by atoms with Crippen molar-refractivity contribution in [1.82, 2.24) is 9.97 Å². The van der Waals surface area contributed by atoms with Gasteiger partial charge in [-0.05, 0) is 24.1 Å². The molecule has 0 aliphatic carbocycles. The number of fused-ring (bicyclic) bond motifs is 1. The van der Waals surface area contributed by atoms with Crippen molar-refractivity contribution in [2.75, 3.05) is 5.32 Å². The molecule has 0 amide bonds. The molecular weight excluding hydrogens is 258 g/mol. The summed E-state index contributed by atoms with van der Waals surface area (Å²) in [6.07, 6.45) is 3.48. The van der Waals surface area contributed by atoms with Gasteiger partial charge in [-0.1, -0.05) is 29.8 Å². The van der Waals surface area contributed by atoms with Gasteiger partial charge >= 0.3 is 0 Å². The maximum Gasteiger partial charge on any atom is 0.138 e. The molecule has 0 aliphatic rings. The van der Waals surface area contributed by atoms with Crippen LogP contribution in [0.4, 0.5) is 5.69 Å². The molecule has 1 aromatic carbocycles. The largest absolute Gasteiger partial charge is 0.346 e. The van der Waals surface area contributed by atoms with Crippen LogP contribution in [0.2, 0.25) is 5.02 Å². The summed E-state index contributed by atoms with van der Waals surface area (Å²) >= 11 is 6.27. The normalized spacial score (nSPS) is 9.95. The van der Waals surface area contributed by atoms with Crippen LogP contribution in [0.3, 0.4) is 0 Å². The van der Waals surface area contributed by atoms with E-state index in [-0.39, 0.29) is 0 Å². The first-order chi connectivity index (χ1) is 9.34. The molecule has 0 spiro atoms. The summed E-state index contributed by atoms with van der Waals surface area (Å²) < 4.78 is 0. The number of H-pyrrole nitrogens is 1. The summed E-state index contributed by atoms with van der Waals surface area (Å²) in [6, 6.07) is 14.5. The van der Waals surface area contributed by atoms with E-state index < -0.39 is 0 Å². The molecule has 2 aromatic heterocycles. The van der Waals surface area contributed by atoms with Crippen LogP contribution in [0, 0.1) is 12.0 Å². The Kier molecular flexibility index (Phi) is 3.09. The minimum atomic E-state index is 0.619. The van der Waals surface area contributed by atoms with Crippen LogP contribution >= 0.6 is 11.6 Å². The summed E-state index contributed by atoms with van der Waals surface area (Å²) in [6.45, 7) is 0. The third kappa shape index (κ3) is 2.40. The quantitative estimate of drug-likeness (QED) is 0.522. The van der Waals surface area contributed by atoms with Gasteiger partial charge in [0.05, 0.1) is 10.6 Å². The summed E-state index contributed by atoms with van der Waals surface area (Å²) in [7, 11) is 0. The third-order valence-corrected chi connectivity index (χ3v) is 3.11. The number of nitrogens with one attached hydrogen (secondary N) is 2. The van der Waals surface area contributed by atoms with Crippen molar-refractivity contribution in [3.8, 4) is 12.0 Å². The number of hydrogen-bond acceptors (Lipinski definition) is 2. The number of aromatic amines is 1. The zero-order chi connectivity index (χ0) is 13.1. The number of aromatic nitrogens is 2. The first-order valence-electron chi connectivity index (χ1n) is 5.78. The Hall–Kier alpha value is -2.44. The molecule has 0 fully saturated rings. The fourth-order valence-electron chi connectivity index (χ4n) is 1.75. The molecule has 0 saturated carbocycles. The van der Waals surface area contributed by atoms with Crippen molar-refractivity contribution in [3.63, 3.8) is 0 Å². The van der Waals surface area contributed by atoms with Crippen LogP contribution in [0.15, 0.2) is 48.8 Å². The highest BCUT2D eigenvalue weighted by molar-refractivity contribution is 6.36. The Bertz CT molecular complexity index is 766. The van der Waals surface area contributed by atoms with E-state index >= 15 is 0 Å². The molecule has 2 heterocycles. The SMILES string of the molecule is Clc1c(C#CNc2ccccc2)cnc2[nH]ccc12. The highest BCUT2D eigenvalue weighted by Gasteiger charge is 2.05. The van der Waals surface area contributed by atoms with Gasteiger partial charge in [0.2, 0.25) is 0 Å². The summed E-state index contributed by atoms with van der Waals surface area (Å²) in [4.78, 5) is 7.27. The van der Waals surface area contributed by atoms with E-state index in [9.17, 15) is 0 Å². The first-order valence-corrected chi connectivity index (χ1v) is 6.16. The minimum Gasteiger partial charge on any atom is -0.346 e. The lowest BCUT2D eigenvalue weighted by atomic mass is 10.2. The summed E-state index contributed by atoms with van der Waals surface area (Å²) in [5.41, 5.74) is 2.42. The van der Waals surface area contributed by atoms with E-state index in [2.05, 4.69) is 27.2 Å². The fraction of sp³-hybridized carbons (Fsp3) is 0. The molecule has 0 saturated heterocycles. The standard InChI is InChI=1S/C15H10ClN3/c16-14-11(10-19-15-13(14)7-9-18-15)6-8-17-12-4-2-1-3-5-12/h1-5,7,9-10,17H,(H,18,19). The molecule has 0 bridgehead atoms. The molecule has 19 heavy (non-hydrogen) atoms. The highest BCUT2D eigenvalue weighted by atomic mass is 35.5. The van der Waals surface area contributed by atoms with E-state index in [4.69, 9.17) is 11.6 Å². The van der Waals surface area contributed by atoms with Crippen molar-refractivity contribution in [2.24, 2.45) is 0 Å². The molecule has 3 rings (SSSR count). The molecule has 0 unspecified atom stereocenters. The molecule has 0 aliphatic heterocycles. The van der Waals surface area contributed by atoms with Crippen LogP contribution in [-0.4, -0.2) is 9.97 Å². The van der Waals surface area contributed by atoms with Gasteiger partial charge in [-0.3, -0.25) is 0 Å². The maximum atomic E-state index is 6.27. The minimum absolute atomic E-state index is 0.619. The number of pyridine rings is 1. The van der Waals surface area contributed by atoms with Crippen molar-refractivity contribution in [3.05, 3.63) is 59.4 Å². The Morgan fingerprint density at radius 2 is 2.00 bits per heavy atom. The molecule has 0 radical (unpaired) electrons. The number of benzene rings is 1. The van der Waals surface area contributed by atoms with Gasteiger partial charge in [0, 0.05) is 29.5 Å². The van der Waals surface area contributed by atoms with E-state index in [1.165, 1.54) is 0 Å². The van der Waals surface area contributed by atoms with Gasteiger partial charge in [-0.15, -0.1) is 0 Å². The Morgan fingerprint density at radius 3 is 2.84 bits per heavy atom. The lowest BCUT2D eigenvalue weighted by molar-refractivity contribution is 1.32. The van der Waals surface area contributed by atoms with Gasteiger partial charge in [0.15, 0.2) is 0 Å². The monoisotopic (exact) mass is 267 g/mol. The van der Waals surface area contributed by atoms with Gasteiger partial charge in [-0.25, -0.2) is 4.98 Å². The van der Waals surface area contributed by atoms with Crippen LogP contribution in [0.1, 0.15) is 5.56 Å². The Balaban J connectivity index is 1.88. The maximum absolute atomic E-state index is 6.27. The van der Waals surface area contributed by atoms with Crippen molar-refractivity contribution in [2.45, 2.75) is 0 Å². The second-order valence-corrected chi connectivity index (χ2v) is 4.34. The summed E-state index contributed by atoms with van der Waals surface area (Å²) in [5.74, 6) is 2.97. The summed E-state index contributed by atoms with van der Waals surface area (Å²) in [5, 5.41) is 4.51. The molecule has 0 atom stereocenters. The number of anilines is 1. The van der Waals surface area contributed by atoms with E-state index in [1.807, 2.05) is 42.6 Å². The zero-order valence-electron chi connectivity index (χ0n) is 9.94.